The highest BCUT2D eigenvalue weighted by Crippen LogP contribution is 2.23. The number of rotatable bonds is 7. The zero-order valence-corrected chi connectivity index (χ0v) is 17.0. The minimum atomic E-state index is -0.962. The standard InChI is InChI=1S/C21H28N4OS/c1-4-22-20(25-14-21(3,26)17-9-11-27-13-17)23-10-8-16-12-24-19-15(2)6-5-7-18(16)19/h5-7,9,11-13,24,26H,4,8,10,14H2,1-3H3,(H2,22,23,25). The summed E-state index contributed by atoms with van der Waals surface area (Å²) in [6, 6.07) is 8.32. The molecular formula is C21H28N4OS. The van der Waals surface area contributed by atoms with Crippen LogP contribution in [0, 0.1) is 6.92 Å². The summed E-state index contributed by atoms with van der Waals surface area (Å²) in [5.74, 6) is 0.726. The predicted octanol–water partition coefficient (Wildman–Crippen LogP) is 3.54. The third kappa shape index (κ3) is 4.70. The van der Waals surface area contributed by atoms with Gasteiger partial charge in [-0.2, -0.15) is 11.3 Å². The number of fused-ring (bicyclic) bond motifs is 1. The van der Waals surface area contributed by atoms with Crippen molar-refractivity contribution in [1.29, 1.82) is 0 Å². The van der Waals surface area contributed by atoms with E-state index >= 15 is 0 Å². The summed E-state index contributed by atoms with van der Waals surface area (Å²) in [7, 11) is 0. The first kappa shape index (κ1) is 19.5. The number of guanidine groups is 1. The highest BCUT2D eigenvalue weighted by molar-refractivity contribution is 7.08. The first-order valence-corrected chi connectivity index (χ1v) is 10.3. The van der Waals surface area contributed by atoms with Gasteiger partial charge < -0.3 is 20.7 Å². The van der Waals surface area contributed by atoms with Crippen LogP contribution in [0.1, 0.15) is 30.5 Å². The smallest absolute Gasteiger partial charge is 0.191 e. The summed E-state index contributed by atoms with van der Waals surface area (Å²) < 4.78 is 0. The average molecular weight is 385 g/mol. The number of hydrogen-bond acceptors (Lipinski definition) is 3. The van der Waals surface area contributed by atoms with Crippen LogP contribution in [-0.4, -0.2) is 35.7 Å². The fourth-order valence-electron chi connectivity index (χ4n) is 3.12. The Morgan fingerprint density at radius 1 is 1.30 bits per heavy atom. The van der Waals surface area contributed by atoms with Crippen LogP contribution in [0.3, 0.4) is 0 Å². The molecule has 3 aromatic rings. The fourth-order valence-corrected chi connectivity index (χ4v) is 3.91. The second-order valence-corrected chi connectivity index (χ2v) is 7.75. The molecule has 3 rings (SSSR count). The number of nitrogens with zero attached hydrogens (tertiary/aromatic N) is 1. The Morgan fingerprint density at radius 2 is 2.15 bits per heavy atom. The summed E-state index contributed by atoms with van der Waals surface area (Å²) in [4.78, 5) is 7.95. The topological polar surface area (TPSA) is 72.4 Å². The quantitative estimate of drug-likeness (QED) is 0.372. The third-order valence-electron chi connectivity index (χ3n) is 4.73. The van der Waals surface area contributed by atoms with Gasteiger partial charge in [-0.1, -0.05) is 18.2 Å². The molecule has 0 aliphatic rings. The molecule has 0 aliphatic heterocycles. The van der Waals surface area contributed by atoms with Gasteiger partial charge >= 0.3 is 0 Å². The predicted molar refractivity (Wildman–Crippen MR) is 115 cm³/mol. The van der Waals surface area contributed by atoms with Gasteiger partial charge in [-0.15, -0.1) is 0 Å². The van der Waals surface area contributed by atoms with Gasteiger partial charge in [-0.25, -0.2) is 4.99 Å². The van der Waals surface area contributed by atoms with Gasteiger partial charge in [0, 0.05) is 30.2 Å². The van der Waals surface area contributed by atoms with Gasteiger partial charge in [0.15, 0.2) is 5.96 Å². The molecule has 0 fully saturated rings. The molecule has 0 amide bonds. The summed E-state index contributed by atoms with van der Waals surface area (Å²) in [6.45, 7) is 7.82. The lowest BCUT2D eigenvalue weighted by Gasteiger charge is -2.21. The SMILES string of the molecule is CCNC(=NCC(C)(O)c1ccsc1)NCCc1c[nH]c2c(C)cccc12. The highest BCUT2D eigenvalue weighted by Gasteiger charge is 2.23. The monoisotopic (exact) mass is 384 g/mol. The summed E-state index contributed by atoms with van der Waals surface area (Å²) in [6.07, 6.45) is 2.99. The van der Waals surface area contributed by atoms with E-state index in [9.17, 15) is 5.11 Å². The van der Waals surface area contributed by atoms with E-state index in [1.54, 1.807) is 18.3 Å². The minimum absolute atomic E-state index is 0.311. The second-order valence-electron chi connectivity index (χ2n) is 6.97. The number of H-pyrrole nitrogens is 1. The number of aryl methyl sites for hydroxylation is 1. The van der Waals surface area contributed by atoms with Crippen LogP contribution in [0.2, 0.25) is 0 Å². The van der Waals surface area contributed by atoms with E-state index < -0.39 is 5.60 Å². The molecule has 1 atom stereocenters. The van der Waals surface area contributed by atoms with Crippen LogP contribution in [0.4, 0.5) is 0 Å². The number of aromatic amines is 1. The van der Waals surface area contributed by atoms with Crippen molar-refractivity contribution in [2.75, 3.05) is 19.6 Å². The maximum Gasteiger partial charge on any atom is 0.191 e. The number of thiophene rings is 1. The van der Waals surface area contributed by atoms with Crippen molar-refractivity contribution in [3.63, 3.8) is 0 Å². The number of aliphatic imine (C=N–C) groups is 1. The maximum absolute atomic E-state index is 10.7. The maximum atomic E-state index is 10.7. The van der Waals surface area contributed by atoms with Crippen molar-refractivity contribution in [3.8, 4) is 0 Å². The van der Waals surface area contributed by atoms with E-state index in [0.29, 0.717) is 6.54 Å². The summed E-state index contributed by atoms with van der Waals surface area (Å²) >= 11 is 1.58. The summed E-state index contributed by atoms with van der Waals surface area (Å²) in [5.41, 5.74) is 3.71. The van der Waals surface area contributed by atoms with Crippen molar-refractivity contribution in [3.05, 3.63) is 57.9 Å². The molecule has 0 spiro atoms. The molecule has 5 nitrogen and oxygen atoms in total. The Balaban J connectivity index is 1.61. The molecule has 0 saturated carbocycles. The summed E-state index contributed by atoms with van der Waals surface area (Å²) in [5, 5.41) is 22.5. The van der Waals surface area contributed by atoms with Crippen LogP contribution in [0.5, 0.6) is 0 Å². The molecule has 0 radical (unpaired) electrons. The second kappa shape index (κ2) is 8.59. The molecule has 0 bridgehead atoms. The molecular weight excluding hydrogens is 356 g/mol. The van der Waals surface area contributed by atoms with Crippen molar-refractivity contribution in [1.82, 2.24) is 15.6 Å². The average Bonchev–Trinajstić information content (AvgIpc) is 3.31. The first-order chi connectivity index (χ1) is 13.0. The Labute approximate surface area is 164 Å². The number of nitrogens with one attached hydrogen (secondary N) is 3. The number of aliphatic hydroxyl groups is 1. The van der Waals surface area contributed by atoms with Crippen molar-refractivity contribution >= 4 is 28.2 Å². The molecule has 2 heterocycles. The van der Waals surface area contributed by atoms with Crippen LogP contribution >= 0.6 is 11.3 Å². The van der Waals surface area contributed by atoms with Crippen LogP contribution in [-0.2, 0) is 12.0 Å². The van der Waals surface area contributed by atoms with Gasteiger partial charge in [-0.3, -0.25) is 0 Å². The van der Waals surface area contributed by atoms with Gasteiger partial charge in [0.25, 0.3) is 0 Å². The molecule has 4 N–H and O–H groups in total. The number of hydrogen-bond donors (Lipinski definition) is 4. The number of para-hydroxylation sites is 1. The molecule has 0 saturated heterocycles. The Morgan fingerprint density at radius 3 is 2.89 bits per heavy atom. The van der Waals surface area contributed by atoms with E-state index in [0.717, 1.165) is 31.0 Å². The van der Waals surface area contributed by atoms with Gasteiger partial charge in [0.05, 0.1) is 6.54 Å². The highest BCUT2D eigenvalue weighted by atomic mass is 32.1. The normalized spacial score (nSPS) is 14.3. The number of benzene rings is 1. The lowest BCUT2D eigenvalue weighted by atomic mass is 10.00. The minimum Gasteiger partial charge on any atom is -0.383 e. The Bertz CT molecular complexity index is 896. The van der Waals surface area contributed by atoms with E-state index in [1.165, 1.54) is 22.0 Å². The van der Waals surface area contributed by atoms with Crippen molar-refractivity contribution in [2.24, 2.45) is 4.99 Å². The molecule has 2 aromatic heterocycles. The van der Waals surface area contributed by atoms with Crippen molar-refractivity contribution in [2.45, 2.75) is 32.8 Å². The van der Waals surface area contributed by atoms with Crippen LogP contribution < -0.4 is 10.6 Å². The molecule has 144 valence electrons. The molecule has 27 heavy (non-hydrogen) atoms. The largest absolute Gasteiger partial charge is 0.383 e. The van der Waals surface area contributed by atoms with Crippen molar-refractivity contribution < 1.29 is 5.11 Å². The fraction of sp³-hybridized carbons (Fsp3) is 0.381. The van der Waals surface area contributed by atoms with Crippen LogP contribution in [0.25, 0.3) is 10.9 Å². The van der Waals surface area contributed by atoms with E-state index in [2.05, 4.69) is 51.9 Å². The zero-order chi connectivity index (χ0) is 19.3. The first-order valence-electron chi connectivity index (χ1n) is 9.34. The van der Waals surface area contributed by atoms with E-state index in [-0.39, 0.29) is 0 Å². The third-order valence-corrected chi connectivity index (χ3v) is 5.41. The van der Waals surface area contributed by atoms with Gasteiger partial charge in [0.1, 0.15) is 5.60 Å². The Hall–Kier alpha value is -2.31. The van der Waals surface area contributed by atoms with Gasteiger partial charge in [-0.05, 0) is 60.7 Å². The lowest BCUT2D eigenvalue weighted by Crippen LogP contribution is -2.39. The molecule has 6 heteroatoms. The van der Waals surface area contributed by atoms with E-state index in [1.807, 2.05) is 23.8 Å². The lowest BCUT2D eigenvalue weighted by molar-refractivity contribution is 0.0677. The van der Waals surface area contributed by atoms with Gasteiger partial charge in [0.2, 0.25) is 0 Å². The number of aromatic nitrogens is 1. The Kier molecular flexibility index (Phi) is 6.19. The molecule has 0 aliphatic carbocycles. The van der Waals surface area contributed by atoms with E-state index in [4.69, 9.17) is 0 Å². The molecule has 1 unspecified atom stereocenters. The molecule has 1 aromatic carbocycles. The van der Waals surface area contributed by atoms with Crippen LogP contribution in [0.15, 0.2) is 46.2 Å². The zero-order valence-electron chi connectivity index (χ0n) is 16.2.